The lowest BCUT2D eigenvalue weighted by atomic mass is 10.0. The van der Waals surface area contributed by atoms with E-state index in [0.717, 1.165) is 0 Å². The number of hydrogen-bond donors (Lipinski definition) is 2. The molecule has 4 nitrogen and oxygen atoms in total. The fourth-order valence-electron chi connectivity index (χ4n) is 0.759. The second-order valence-electron chi connectivity index (χ2n) is 2.49. The second-order valence-corrected chi connectivity index (χ2v) is 3.20. The average Bonchev–Trinajstić information content (AvgIpc) is 2.53. The van der Waals surface area contributed by atoms with Gasteiger partial charge in [-0.05, 0) is 6.92 Å². The van der Waals surface area contributed by atoms with Crippen LogP contribution in [0.4, 0.5) is 0 Å². The fraction of sp³-hybridized carbons (Fsp3) is 0.429. The molecule has 2 N–H and O–H groups in total. The Balaban J connectivity index is 2.71. The quantitative estimate of drug-likeness (QED) is 0.737. The number of carbonyl (C=O) groups is 1. The molecule has 0 fully saturated rings. The molecule has 0 aromatic carbocycles. The molecule has 1 rings (SSSR count). The predicted octanol–water partition coefficient (Wildman–Crippen LogP) is 0.897. The Hall–Kier alpha value is -0.940. The molecule has 66 valence electrons. The summed E-state index contributed by atoms with van der Waals surface area (Å²) in [5.74, 6) is -1.83. The summed E-state index contributed by atoms with van der Waals surface area (Å²) >= 11 is 1.33. The van der Waals surface area contributed by atoms with E-state index >= 15 is 0 Å². The van der Waals surface area contributed by atoms with Gasteiger partial charge in [-0.25, -0.2) is 4.98 Å². The maximum atomic E-state index is 10.5. The highest BCUT2D eigenvalue weighted by atomic mass is 32.1. The van der Waals surface area contributed by atoms with Gasteiger partial charge >= 0.3 is 5.97 Å². The van der Waals surface area contributed by atoms with Crippen molar-refractivity contribution in [3.8, 4) is 0 Å². The monoisotopic (exact) mass is 187 g/mol. The number of aliphatic carboxylic acids is 1. The van der Waals surface area contributed by atoms with Crippen LogP contribution < -0.4 is 0 Å². The Morgan fingerprint density at radius 1 is 1.75 bits per heavy atom. The van der Waals surface area contributed by atoms with Crippen LogP contribution in [0.5, 0.6) is 0 Å². The molecule has 0 aliphatic heterocycles. The van der Waals surface area contributed by atoms with Crippen LogP contribution in [-0.4, -0.2) is 21.2 Å². The number of aliphatic hydroxyl groups is 1. The highest BCUT2D eigenvalue weighted by molar-refractivity contribution is 7.07. The number of carboxylic acid groups (broad SMARTS) is 1. The van der Waals surface area contributed by atoms with Gasteiger partial charge in [0.05, 0.1) is 17.1 Å². The van der Waals surface area contributed by atoms with Gasteiger partial charge in [-0.1, -0.05) is 0 Å². The molecule has 0 saturated heterocycles. The van der Waals surface area contributed by atoms with Crippen molar-refractivity contribution in [2.45, 2.75) is 13.0 Å². The van der Waals surface area contributed by atoms with Gasteiger partial charge in [0, 0.05) is 5.38 Å². The second kappa shape index (κ2) is 3.64. The van der Waals surface area contributed by atoms with Crippen molar-refractivity contribution in [1.29, 1.82) is 0 Å². The average molecular weight is 187 g/mol. The number of aliphatic hydroxyl groups excluding tert-OH is 1. The minimum Gasteiger partial charge on any atom is -0.481 e. The van der Waals surface area contributed by atoms with Crippen LogP contribution in [-0.2, 0) is 4.79 Å². The molecule has 2 unspecified atom stereocenters. The van der Waals surface area contributed by atoms with Crippen LogP contribution >= 0.6 is 11.3 Å². The summed E-state index contributed by atoms with van der Waals surface area (Å²) in [6.45, 7) is 1.45. The van der Waals surface area contributed by atoms with Gasteiger partial charge in [0.15, 0.2) is 0 Å². The maximum absolute atomic E-state index is 10.5. The lowest BCUT2D eigenvalue weighted by Crippen LogP contribution is -2.18. The zero-order valence-electron chi connectivity index (χ0n) is 6.47. The summed E-state index contributed by atoms with van der Waals surface area (Å²) in [5.41, 5.74) is 1.99. The first-order chi connectivity index (χ1) is 5.63. The molecule has 1 aromatic rings. The Kier molecular flexibility index (Phi) is 2.78. The van der Waals surface area contributed by atoms with Crippen molar-refractivity contribution < 1.29 is 15.0 Å². The standard InChI is InChI=1S/C7H9NO3S/c1-4(7(10)11)6(9)5-2-12-3-8-5/h2-4,6,9H,1H3,(H,10,11). The molecule has 0 bridgehead atoms. The van der Waals surface area contributed by atoms with Crippen LogP contribution in [0.15, 0.2) is 10.9 Å². The molecule has 0 saturated carbocycles. The van der Waals surface area contributed by atoms with E-state index in [4.69, 9.17) is 5.11 Å². The van der Waals surface area contributed by atoms with Crippen molar-refractivity contribution in [3.05, 3.63) is 16.6 Å². The Morgan fingerprint density at radius 3 is 2.83 bits per heavy atom. The van der Waals surface area contributed by atoms with Gasteiger partial charge in [0.1, 0.15) is 6.10 Å². The zero-order valence-corrected chi connectivity index (χ0v) is 7.28. The first-order valence-corrected chi connectivity index (χ1v) is 4.36. The Morgan fingerprint density at radius 2 is 2.42 bits per heavy atom. The number of hydrogen-bond acceptors (Lipinski definition) is 4. The van der Waals surface area contributed by atoms with E-state index in [-0.39, 0.29) is 0 Å². The third-order valence-corrected chi connectivity index (χ3v) is 2.22. The minimum absolute atomic E-state index is 0.426. The van der Waals surface area contributed by atoms with Crippen LogP contribution in [0.1, 0.15) is 18.7 Å². The van der Waals surface area contributed by atoms with E-state index in [1.54, 1.807) is 10.9 Å². The summed E-state index contributed by atoms with van der Waals surface area (Å²) in [5, 5.41) is 19.6. The Bertz CT molecular complexity index is 260. The number of rotatable bonds is 3. The molecule has 0 radical (unpaired) electrons. The van der Waals surface area contributed by atoms with Gasteiger partial charge in [0.2, 0.25) is 0 Å². The predicted molar refractivity (Wildman–Crippen MR) is 43.9 cm³/mol. The normalized spacial score (nSPS) is 15.5. The first-order valence-electron chi connectivity index (χ1n) is 3.42. The van der Waals surface area contributed by atoms with E-state index < -0.39 is 18.0 Å². The largest absolute Gasteiger partial charge is 0.481 e. The number of thiazole rings is 1. The smallest absolute Gasteiger partial charge is 0.309 e. The van der Waals surface area contributed by atoms with Gasteiger partial charge in [-0.2, -0.15) is 0 Å². The molecular weight excluding hydrogens is 178 g/mol. The molecule has 0 aliphatic rings. The van der Waals surface area contributed by atoms with Crippen molar-refractivity contribution in [1.82, 2.24) is 4.98 Å². The summed E-state index contributed by atoms with van der Waals surface area (Å²) < 4.78 is 0. The van der Waals surface area contributed by atoms with Crippen molar-refractivity contribution in [2.24, 2.45) is 5.92 Å². The van der Waals surface area contributed by atoms with Crippen molar-refractivity contribution in [2.75, 3.05) is 0 Å². The first kappa shape index (κ1) is 9.15. The van der Waals surface area contributed by atoms with Crippen molar-refractivity contribution >= 4 is 17.3 Å². The molecule has 5 heteroatoms. The highest BCUT2D eigenvalue weighted by Crippen LogP contribution is 2.21. The summed E-state index contributed by atoms with van der Waals surface area (Å²) in [4.78, 5) is 14.3. The third-order valence-electron chi connectivity index (χ3n) is 1.62. The molecule has 12 heavy (non-hydrogen) atoms. The zero-order chi connectivity index (χ0) is 9.14. The fourth-order valence-corrected chi connectivity index (χ4v) is 1.34. The maximum Gasteiger partial charge on any atom is 0.309 e. The van der Waals surface area contributed by atoms with E-state index in [0.29, 0.717) is 5.69 Å². The number of nitrogens with zero attached hydrogens (tertiary/aromatic N) is 1. The summed E-state index contributed by atoms with van der Waals surface area (Å²) in [6.07, 6.45) is -1.01. The topological polar surface area (TPSA) is 70.4 Å². The minimum atomic E-state index is -1.02. The molecular formula is C7H9NO3S. The molecule has 2 atom stereocenters. The lowest BCUT2D eigenvalue weighted by Gasteiger charge is -2.11. The Labute approximate surface area is 73.5 Å². The van der Waals surface area contributed by atoms with Gasteiger partial charge in [0.25, 0.3) is 0 Å². The molecule has 0 amide bonds. The molecule has 0 spiro atoms. The van der Waals surface area contributed by atoms with Crippen LogP contribution in [0.2, 0.25) is 0 Å². The van der Waals surface area contributed by atoms with E-state index in [1.165, 1.54) is 18.3 Å². The van der Waals surface area contributed by atoms with E-state index in [9.17, 15) is 9.90 Å². The molecule has 1 heterocycles. The highest BCUT2D eigenvalue weighted by Gasteiger charge is 2.23. The van der Waals surface area contributed by atoms with E-state index in [2.05, 4.69) is 4.98 Å². The summed E-state index contributed by atoms with van der Waals surface area (Å²) in [6, 6.07) is 0. The van der Waals surface area contributed by atoms with Crippen LogP contribution in [0.3, 0.4) is 0 Å². The van der Waals surface area contributed by atoms with Gasteiger partial charge < -0.3 is 10.2 Å². The summed E-state index contributed by atoms with van der Waals surface area (Å²) in [7, 11) is 0. The SMILES string of the molecule is CC(C(=O)O)C(O)c1cscn1. The number of carboxylic acids is 1. The third kappa shape index (κ3) is 1.80. The van der Waals surface area contributed by atoms with Gasteiger partial charge in [-0.3, -0.25) is 4.79 Å². The molecule has 1 aromatic heterocycles. The van der Waals surface area contributed by atoms with Crippen LogP contribution in [0, 0.1) is 5.92 Å². The van der Waals surface area contributed by atoms with E-state index in [1.807, 2.05) is 0 Å². The lowest BCUT2D eigenvalue weighted by molar-refractivity contribution is -0.145. The molecule has 0 aliphatic carbocycles. The van der Waals surface area contributed by atoms with Crippen molar-refractivity contribution in [3.63, 3.8) is 0 Å². The van der Waals surface area contributed by atoms with Gasteiger partial charge in [-0.15, -0.1) is 11.3 Å². The van der Waals surface area contributed by atoms with Crippen LogP contribution in [0.25, 0.3) is 0 Å². The number of aromatic nitrogens is 1.